The van der Waals surface area contributed by atoms with Gasteiger partial charge in [0, 0.05) is 30.6 Å². The second kappa shape index (κ2) is 7.47. The molecule has 0 spiro atoms. The SMILES string of the molecule is CCNC(=NCc1sccc1C)NCC1CCN(C2CC2)C1. The molecule has 1 aromatic rings. The normalized spacial score (nSPS) is 23.0. The lowest BCUT2D eigenvalue weighted by Gasteiger charge is -2.17. The first kappa shape index (κ1) is 15.8. The fourth-order valence-electron chi connectivity index (χ4n) is 3.10. The van der Waals surface area contributed by atoms with E-state index < -0.39 is 0 Å². The molecule has 5 heteroatoms. The van der Waals surface area contributed by atoms with Crippen LogP contribution in [0.25, 0.3) is 0 Å². The number of thiophene rings is 1. The number of nitrogens with zero attached hydrogens (tertiary/aromatic N) is 2. The van der Waals surface area contributed by atoms with Crippen LogP contribution < -0.4 is 10.6 Å². The molecule has 2 N–H and O–H groups in total. The average Bonchev–Trinajstić information content (AvgIpc) is 3.12. The molecule has 1 aliphatic carbocycles. The maximum Gasteiger partial charge on any atom is 0.191 e. The molecular weight excluding hydrogens is 292 g/mol. The number of aryl methyl sites for hydroxylation is 1. The molecule has 1 aliphatic heterocycles. The fraction of sp³-hybridized carbons (Fsp3) is 0.706. The predicted octanol–water partition coefficient (Wildman–Crippen LogP) is 2.60. The molecule has 1 saturated heterocycles. The highest BCUT2D eigenvalue weighted by atomic mass is 32.1. The van der Waals surface area contributed by atoms with Crippen LogP contribution in [0.3, 0.4) is 0 Å². The number of aliphatic imine (C=N–C) groups is 1. The molecule has 1 atom stereocenters. The second-order valence-electron chi connectivity index (χ2n) is 6.48. The number of nitrogens with one attached hydrogen (secondary N) is 2. The van der Waals surface area contributed by atoms with Gasteiger partial charge in [0.15, 0.2) is 5.96 Å². The van der Waals surface area contributed by atoms with Gasteiger partial charge in [0.2, 0.25) is 0 Å². The minimum absolute atomic E-state index is 0.771. The molecule has 1 aromatic heterocycles. The van der Waals surface area contributed by atoms with E-state index in [1.54, 1.807) is 11.3 Å². The van der Waals surface area contributed by atoms with Gasteiger partial charge >= 0.3 is 0 Å². The number of guanidine groups is 1. The molecule has 22 heavy (non-hydrogen) atoms. The summed E-state index contributed by atoms with van der Waals surface area (Å²) >= 11 is 1.79. The van der Waals surface area contributed by atoms with Gasteiger partial charge in [-0.25, -0.2) is 4.99 Å². The topological polar surface area (TPSA) is 39.7 Å². The first-order valence-corrected chi connectivity index (χ1v) is 9.43. The van der Waals surface area contributed by atoms with E-state index in [-0.39, 0.29) is 0 Å². The van der Waals surface area contributed by atoms with Crippen molar-refractivity contribution in [1.82, 2.24) is 15.5 Å². The largest absolute Gasteiger partial charge is 0.357 e. The Balaban J connectivity index is 1.47. The van der Waals surface area contributed by atoms with Crippen molar-refractivity contribution in [1.29, 1.82) is 0 Å². The summed E-state index contributed by atoms with van der Waals surface area (Å²) in [6.45, 7) is 9.56. The molecule has 2 fully saturated rings. The first-order valence-electron chi connectivity index (χ1n) is 8.55. The van der Waals surface area contributed by atoms with E-state index in [0.717, 1.165) is 37.6 Å². The van der Waals surface area contributed by atoms with E-state index in [2.05, 4.69) is 40.8 Å². The van der Waals surface area contributed by atoms with Crippen LogP contribution in [0.4, 0.5) is 0 Å². The zero-order valence-electron chi connectivity index (χ0n) is 13.8. The van der Waals surface area contributed by atoms with Crippen molar-refractivity contribution in [2.75, 3.05) is 26.2 Å². The second-order valence-corrected chi connectivity index (χ2v) is 7.48. The molecule has 2 heterocycles. The van der Waals surface area contributed by atoms with Crippen LogP contribution >= 0.6 is 11.3 Å². The highest BCUT2D eigenvalue weighted by molar-refractivity contribution is 7.10. The van der Waals surface area contributed by atoms with Crippen molar-refractivity contribution in [3.05, 3.63) is 21.9 Å². The maximum atomic E-state index is 4.74. The van der Waals surface area contributed by atoms with E-state index in [4.69, 9.17) is 4.99 Å². The van der Waals surface area contributed by atoms with E-state index in [9.17, 15) is 0 Å². The van der Waals surface area contributed by atoms with Gasteiger partial charge in [-0.3, -0.25) is 0 Å². The summed E-state index contributed by atoms with van der Waals surface area (Å²) in [6, 6.07) is 3.08. The van der Waals surface area contributed by atoms with Gasteiger partial charge in [0.1, 0.15) is 0 Å². The summed E-state index contributed by atoms with van der Waals surface area (Å²) in [5.41, 5.74) is 1.35. The van der Waals surface area contributed by atoms with E-state index in [0.29, 0.717) is 0 Å². The van der Waals surface area contributed by atoms with Gasteiger partial charge in [-0.2, -0.15) is 0 Å². The average molecular weight is 321 g/mol. The van der Waals surface area contributed by atoms with Gasteiger partial charge in [0.05, 0.1) is 6.54 Å². The molecule has 1 unspecified atom stereocenters. The highest BCUT2D eigenvalue weighted by Crippen LogP contribution is 2.31. The molecule has 0 amide bonds. The van der Waals surface area contributed by atoms with E-state index in [1.807, 2.05) is 0 Å². The first-order chi connectivity index (χ1) is 10.8. The Labute approximate surface area is 138 Å². The molecular formula is C17H28N4S. The van der Waals surface area contributed by atoms with Crippen molar-refractivity contribution in [2.45, 2.75) is 45.7 Å². The van der Waals surface area contributed by atoms with Gasteiger partial charge in [-0.05, 0) is 62.6 Å². The van der Waals surface area contributed by atoms with Crippen LogP contribution in [0.2, 0.25) is 0 Å². The van der Waals surface area contributed by atoms with Crippen LogP contribution in [0.15, 0.2) is 16.4 Å². The lowest BCUT2D eigenvalue weighted by atomic mass is 10.1. The van der Waals surface area contributed by atoms with Crippen LogP contribution in [0, 0.1) is 12.8 Å². The van der Waals surface area contributed by atoms with Crippen molar-refractivity contribution in [3.63, 3.8) is 0 Å². The van der Waals surface area contributed by atoms with Gasteiger partial charge in [-0.1, -0.05) is 0 Å². The Kier molecular flexibility index (Phi) is 5.37. The lowest BCUT2D eigenvalue weighted by Crippen LogP contribution is -2.40. The van der Waals surface area contributed by atoms with Crippen LogP contribution in [-0.2, 0) is 6.54 Å². The summed E-state index contributed by atoms with van der Waals surface area (Å²) in [4.78, 5) is 8.77. The molecule has 2 aliphatic rings. The highest BCUT2D eigenvalue weighted by Gasteiger charge is 2.34. The lowest BCUT2D eigenvalue weighted by molar-refractivity contribution is 0.314. The molecule has 0 bridgehead atoms. The monoisotopic (exact) mass is 320 g/mol. The predicted molar refractivity (Wildman–Crippen MR) is 94.6 cm³/mol. The summed E-state index contributed by atoms with van der Waals surface area (Å²) in [7, 11) is 0. The number of rotatable bonds is 6. The van der Waals surface area contributed by atoms with Gasteiger partial charge in [0.25, 0.3) is 0 Å². The van der Waals surface area contributed by atoms with Crippen LogP contribution in [-0.4, -0.2) is 43.1 Å². The Morgan fingerprint density at radius 2 is 2.23 bits per heavy atom. The standard InChI is InChI=1S/C17H28N4S/c1-3-18-17(20-11-16-13(2)7-9-22-16)19-10-14-6-8-21(12-14)15-4-5-15/h7,9,14-15H,3-6,8,10-12H2,1-2H3,(H2,18,19,20). The molecule has 122 valence electrons. The van der Waals surface area contributed by atoms with Gasteiger partial charge in [-0.15, -0.1) is 11.3 Å². The smallest absolute Gasteiger partial charge is 0.191 e. The van der Waals surface area contributed by atoms with Crippen LogP contribution in [0.1, 0.15) is 36.6 Å². The Hall–Kier alpha value is -1.07. The minimum atomic E-state index is 0.771. The van der Waals surface area contributed by atoms with E-state index >= 15 is 0 Å². The van der Waals surface area contributed by atoms with E-state index in [1.165, 1.54) is 42.8 Å². The Bertz CT molecular complexity index is 507. The summed E-state index contributed by atoms with van der Waals surface area (Å²) in [5.74, 6) is 1.73. The summed E-state index contributed by atoms with van der Waals surface area (Å²) in [6.07, 6.45) is 4.17. The molecule has 0 radical (unpaired) electrons. The zero-order valence-corrected chi connectivity index (χ0v) is 14.6. The maximum absolute atomic E-state index is 4.74. The number of hydrogen-bond donors (Lipinski definition) is 2. The Morgan fingerprint density at radius 3 is 2.91 bits per heavy atom. The quantitative estimate of drug-likeness (QED) is 0.625. The zero-order chi connectivity index (χ0) is 15.4. The summed E-state index contributed by atoms with van der Waals surface area (Å²) in [5, 5.41) is 9.05. The Morgan fingerprint density at radius 1 is 1.36 bits per heavy atom. The minimum Gasteiger partial charge on any atom is -0.357 e. The number of likely N-dealkylation sites (tertiary alicyclic amines) is 1. The van der Waals surface area contributed by atoms with Crippen molar-refractivity contribution in [2.24, 2.45) is 10.9 Å². The van der Waals surface area contributed by atoms with Crippen molar-refractivity contribution < 1.29 is 0 Å². The van der Waals surface area contributed by atoms with Crippen LogP contribution in [0.5, 0.6) is 0 Å². The number of hydrogen-bond acceptors (Lipinski definition) is 3. The van der Waals surface area contributed by atoms with Crippen molar-refractivity contribution >= 4 is 17.3 Å². The third kappa shape index (κ3) is 4.23. The fourth-order valence-corrected chi connectivity index (χ4v) is 3.93. The third-order valence-electron chi connectivity index (χ3n) is 4.63. The molecule has 4 nitrogen and oxygen atoms in total. The summed E-state index contributed by atoms with van der Waals surface area (Å²) < 4.78 is 0. The van der Waals surface area contributed by atoms with Crippen molar-refractivity contribution in [3.8, 4) is 0 Å². The third-order valence-corrected chi connectivity index (χ3v) is 5.64. The molecule has 0 aromatic carbocycles. The van der Waals surface area contributed by atoms with Gasteiger partial charge < -0.3 is 15.5 Å². The molecule has 3 rings (SSSR count). The molecule has 1 saturated carbocycles.